The third-order valence-electron chi connectivity index (χ3n) is 11.7. The van der Waals surface area contributed by atoms with Crippen LogP contribution >= 0.6 is 0 Å². The number of likely N-dealkylation sites (tertiary alicyclic amines) is 1. The van der Waals surface area contributed by atoms with E-state index in [-0.39, 0.29) is 22.2 Å². The van der Waals surface area contributed by atoms with Gasteiger partial charge in [0.25, 0.3) is 8.32 Å². The minimum Gasteiger partial charge on any atom is -0.544 e. The molecule has 2 aliphatic heterocycles. The summed E-state index contributed by atoms with van der Waals surface area (Å²) < 4.78 is 21.1. The monoisotopic (exact) mass is 569 g/mol. The molecule has 216 valence electrons. The molecule has 0 unspecified atom stereocenters. The SMILES string of the molecule is CC(C)(C)[Si](C)(C)OC1=CC[C@@]2(O)[C@H]3Cc4ccc(O[Si](C)(C)C(C)(C)C)c5c4[C@@]2(CCN3CC2CC2)[C@H]1O5. The fraction of sp³-hybridized carbons (Fsp3) is 0.750. The zero-order valence-electron chi connectivity index (χ0n) is 26.0. The van der Waals surface area contributed by atoms with Crippen LogP contribution in [0.25, 0.3) is 0 Å². The Kier molecular flexibility index (Phi) is 5.99. The van der Waals surface area contributed by atoms with Crippen LogP contribution in [0.3, 0.4) is 0 Å². The first-order valence-electron chi connectivity index (χ1n) is 15.3. The normalized spacial score (nSPS) is 32.3. The number of aliphatic hydroxyl groups is 1. The summed E-state index contributed by atoms with van der Waals surface area (Å²) in [6, 6.07) is 4.55. The van der Waals surface area contributed by atoms with E-state index >= 15 is 0 Å². The van der Waals surface area contributed by atoms with E-state index in [2.05, 4.69) is 90.8 Å². The van der Waals surface area contributed by atoms with Gasteiger partial charge in [0, 0.05) is 24.6 Å². The molecule has 2 heterocycles. The van der Waals surface area contributed by atoms with Gasteiger partial charge in [-0.05, 0) is 92.1 Å². The van der Waals surface area contributed by atoms with Gasteiger partial charge in [-0.15, -0.1) is 0 Å². The second-order valence-corrected chi connectivity index (χ2v) is 25.7. The average Bonchev–Trinajstić information content (AvgIpc) is 3.54. The molecule has 2 bridgehead atoms. The lowest BCUT2D eigenvalue weighted by molar-refractivity contribution is -0.168. The average molecular weight is 570 g/mol. The van der Waals surface area contributed by atoms with E-state index in [1.807, 2.05) is 0 Å². The predicted molar refractivity (Wildman–Crippen MR) is 163 cm³/mol. The molecule has 1 N–H and O–H groups in total. The van der Waals surface area contributed by atoms with Gasteiger partial charge in [0.2, 0.25) is 8.32 Å². The summed E-state index contributed by atoms with van der Waals surface area (Å²) in [5.74, 6) is 3.48. The Hall–Kier alpha value is -1.29. The highest BCUT2D eigenvalue weighted by atomic mass is 28.4. The fourth-order valence-electron chi connectivity index (χ4n) is 7.11. The van der Waals surface area contributed by atoms with Crippen LogP contribution in [0, 0.1) is 5.92 Å². The van der Waals surface area contributed by atoms with Crippen molar-refractivity contribution in [3.8, 4) is 11.5 Å². The van der Waals surface area contributed by atoms with Crippen molar-refractivity contribution in [2.45, 2.75) is 133 Å². The van der Waals surface area contributed by atoms with Gasteiger partial charge < -0.3 is 18.7 Å². The molecule has 1 saturated carbocycles. The van der Waals surface area contributed by atoms with Gasteiger partial charge >= 0.3 is 0 Å². The molecule has 0 radical (unpaired) electrons. The van der Waals surface area contributed by atoms with Gasteiger partial charge in [-0.25, -0.2) is 0 Å². The van der Waals surface area contributed by atoms with Gasteiger partial charge in [-0.2, -0.15) is 0 Å². The van der Waals surface area contributed by atoms with Crippen molar-refractivity contribution in [1.29, 1.82) is 0 Å². The standard InChI is InChI=1S/C32H51NO4Si2/c1-29(2,3)38(7,8)36-23-14-13-22-19-25-32(34)16-15-24(37-39(9,10)30(4,5)6)28-31(32,26(22)27(23)35-28)17-18-33(25)20-21-11-12-21/h13-15,21,25,28,34H,11-12,16-20H2,1-10H3/t25-,28+,31+,32-/m1/s1. The van der Waals surface area contributed by atoms with E-state index in [9.17, 15) is 5.11 Å². The Bertz CT molecular complexity index is 1210. The summed E-state index contributed by atoms with van der Waals surface area (Å²) in [6.45, 7) is 25.1. The first-order valence-corrected chi connectivity index (χ1v) is 21.1. The van der Waals surface area contributed by atoms with Crippen molar-refractivity contribution in [2.75, 3.05) is 13.1 Å². The molecule has 1 aromatic rings. The van der Waals surface area contributed by atoms with E-state index in [0.717, 1.165) is 49.1 Å². The maximum absolute atomic E-state index is 12.9. The molecule has 2 fully saturated rings. The number of hydrogen-bond acceptors (Lipinski definition) is 5. The van der Waals surface area contributed by atoms with Crippen molar-refractivity contribution in [3.05, 3.63) is 35.1 Å². The summed E-state index contributed by atoms with van der Waals surface area (Å²) in [7, 11) is -4.21. The lowest BCUT2D eigenvalue weighted by atomic mass is 9.50. The van der Waals surface area contributed by atoms with Crippen LogP contribution in [0.15, 0.2) is 24.0 Å². The van der Waals surface area contributed by atoms with Crippen molar-refractivity contribution in [3.63, 3.8) is 0 Å². The van der Waals surface area contributed by atoms with Crippen LogP contribution in [0.5, 0.6) is 11.5 Å². The van der Waals surface area contributed by atoms with Crippen LogP contribution in [0.1, 0.15) is 78.4 Å². The molecule has 0 amide bonds. The molecule has 1 saturated heterocycles. The van der Waals surface area contributed by atoms with E-state index in [1.165, 1.54) is 24.0 Å². The number of piperidine rings is 1. The summed E-state index contributed by atoms with van der Waals surface area (Å²) >= 11 is 0. The number of ether oxygens (including phenoxy) is 1. The topological polar surface area (TPSA) is 51.2 Å². The van der Waals surface area contributed by atoms with Crippen LogP contribution < -0.4 is 9.16 Å². The molecule has 5 nitrogen and oxygen atoms in total. The van der Waals surface area contributed by atoms with E-state index in [0.29, 0.717) is 6.42 Å². The van der Waals surface area contributed by atoms with Crippen molar-refractivity contribution >= 4 is 16.6 Å². The molecule has 1 aromatic carbocycles. The molecule has 6 rings (SSSR count). The highest BCUT2D eigenvalue weighted by Crippen LogP contribution is 2.66. The van der Waals surface area contributed by atoms with Crippen LogP contribution in [-0.2, 0) is 16.3 Å². The van der Waals surface area contributed by atoms with Gasteiger partial charge in [0.1, 0.15) is 11.5 Å². The Morgan fingerprint density at radius 2 is 1.64 bits per heavy atom. The maximum atomic E-state index is 12.9. The van der Waals surface area contributed by atoms with Gasteiger partial charge in [-0.3, -0.25) is 4.90 Å². The lowest BCUT2D eigenvalue weighted by Crippen LogP contribution is -2.75. The highest BCUT2D eigenvalue weighted by Gasteiger charge is 2.72. The third kappa shape index (κ3) is 3.96. The van der Waals surface area contributed by atoms with Crippen LogP contribution in [0.4, 0.5) is 0 Å². The summed E-state index contributed by atoms with van der Waals surface area (Å²) in [6.07, 6.45) is 6.93. The van der Waals surface area contributed by atoms with Crippen molar-refractivity contribution in [2.24, 2.45) is 5.92 Å². The summed E-state index contributed by atoms with van der Waals surface area (Å²) in [4.78, 5) is 2.62. The molecule has 0 aromatic heterocycles. The molecule has 7 heteroatoms. The minimum atomic E-state index is -2.11. The van der Waals surface area contributed by atoms with Crippen LogP contribution in [-0.4, -0.2) is 57.5 Å². The summed E-state index contributed by atoms with van der Waals surface area (Å²) in [5, 5.41) is 13.1. The molecular formula is C32H51NO4Si2. The molecule has 5 aliphatic rings. The highest BCUT2D eigenvalue weighted by molar-refractivity contribution is 6.75. The Labute approximate surface area is 238 Å². The van der Waals surface area contributed by atoms with Crippen LogP contribution in [0.2, 0.25) is 36.3 Å². The number of hydrogen-bond donors (Lipinski definition) is 1. The quantitative estimate of drug-likeness (QED) is 0.369. The zero-order chi connectivity index (χ0) is 28.4. The van der Waals surface area contributed by atoms with Gasteiger partial charge in [0.05, 0.1) is 11.0 Å². The van der Waals surface area contributed by atoms with Gasteiger partial charge in [-0.1, -0.05) is 47.6 Å². The van der Waals surface area contributed by atoms with E-state index in [1.54, 1.807) is 0 Å². The molecule has 4 atom stereocenters. The minimum absolute atomic E-state index is 0.0786. The van der Waals surface area contributed by atoms with E-state index in [4.69, 9.17) is 13.6 Å². The Balaban J connectivity index is 1.49. The second-order valence-electron chi connectivity index (χ2n) is 16.3. The molecule has 3 aliphatic carbocycles. The number of nitrogens with zero attached hydrogens (tertiary/aromatic N) is 1. The third-order valence-corrected chi connectivity index (χ3v) is 20.4. The summed E-state index contributed by atoms with van der Waals surface area (Å²) in [5.41, 5.74) is 1.18. The van der Waals surface area contributed by atoms with Crippen molar-refractivity contribution in [1.82, 2.24) is 4.90 Å². The fourth-order valence-corrected chi connectivity index (χ4v) is 9.21. The first-order chi connectivity index (χ1) is 17.9. The smallest absolute Gasteiger partial charge is 0.250 e. The van der Waals surface area contributed by atoms with Crippen molar-refractivity contribution < 1.29 is 18.7 Å². The zero-order valence-corrected chi connectivity index (χ0v) is 28.0. The van der Waals surface area contributed by atoms with Gasteiger partial charge in [0.15, 0.2) is 11.9 Å². The Morgan fingerprint density at radius 3 is 2.26 bits per heavy atom. The maximum Gasteiger partial charge on any atom is 0.250 e. The largest absolute Gasteiger partial charge is 0.544 e. The second kappa shape index (κ2) is 8.39. The van der Waals surface area contributed by atoms with E-state index < -0.39 is 27.7 Å². The number of rotatable bonds is 6. The molecular weight excluding hydrogens is 519 g/mol. The molecule has 39 heavy (non-hydrogen) atoms. The predicted octanol–water partition coefficient (Wildman–Crippen LogP) is 7.15. The number of benzene rings is 1. The lowest BCUT2D eigenvalue weighted by Gasteiger charge is -2.62. The molecule has 1 spiro atoms. The Morgan fingerprint density at radius 1 is 1.00 bits per heavy atom. The first kappa shape index (κ1) is 27.9.